The molecule has 0 unspecified atom stereocenters. The standard InChI is InChI=1S/C16H9BrF3N3O3/c17-7-1-3-11-9(5-7)13(23-15(22-11)16(18,19)20)21-8-2-4-12(24)10(6-8)14(25)26/h1-6,24H,(H,25,26)(H,21,22,23). The highest BCUT2D eigenvalue weighted by atomic mass is 79.9. The highest BCUT2D eigenvalue weighted by Crippen LogP contribution is 2.33. The normalized spacial score (nSPS) is 11.5. The molecule has 6 nitrogen and oxygen atoms in total. The topological polar surface area (TPSA) is 95.3 Å². The van der Waals surface area contributed by atoms with Crippen molar-refractivity contribution < 1.29 is 28.2 Å². The van der Waals surface area contributed by atoms with Crippen molar-refractivity contribution in [3.8, 4) is 5.75 Å². The van der Waals surface area contributed by atoms with Crippen LogP contribution in [0.3, 0.4) is 0 Å². The number of nitrogens with one attached hydrogen (secondary N) is 1. The largest absolute Gasteiger partial charge is 0.507 e. The van der Waals surface area contributed by atoms with Gasteiger partial charge in [0.2, 0.25) is 5.82 Å². The molecule has 0 aliphatic heterocycles. The predicted molar refractivity (Wildman–Crippen MR) is 90.6 cm³/mol. The van der Waals surface area contributed by atoms with E-state index in [9.17, 15) is 23.1 Å². The van der Waals surface area contributed by atoms with Crippen LogP contribution in [-0.4, -0.2) is 26.2 Å². The number of hydrogen-bond donors (Lipinski definition) is 3. The minimum Gasteiger partial charge on any atom is -0.507 e. The van der Waals surface area contributed by atoms with E-state index >= 15 is 0 Å². The molecule has 0 saturated heterocycles. The monoisotopic (exact) mass is 427 g/mol. The minimum atomic E-state index is -4.75. The number of rotatable bonds is 3. The van der Waals surface area contributed by atoms with Gasteiger partial charge in [-0.05, 0) is 36.4 Å². The predicted octanol–water partition coefficient (Wildman–Crippen LogP) is 4.56. The molecule has 0 spiro atoms. The van der Waals surface area contributed by atoms with E-state index < -0.39 is 29.3 Å². The first-order chi connectivity index (χ1) is 12.1. The third kappa shape index (κ3) is 3.54. The van der Waals surface area contributed by atoms with Gasteiger partial charge >= 0.3 is 12.1 Å². The number of alkyl halides is 3. The van der Waals surface area contributed by atoms with Crippen LogP contribution >= 0.6 is 15.9 Å². The number of anilines is 2. The van der Waals surface area contributed by atoms with Gasteiger partial charge < -0.3 is 15.5 Å². The zero-order valence-electron chi connectivity index (χ0n) is 12.7. The molecule has 1 aromatic heterocycles. The molecule has 0 radical (unpaired) electrons. The number of aromatic carboxylic acids is 1. The van der Waals surface area contributed by atoms with Crippen molar-refractivity contribution in [2.24, 2.45) is 0 Å². The average Bonchev–Trinajstić information content (AvgIpc) is 2.55. The third-order valence-corrected chi connectivity index (χ3v) is 3.89. The molecule has 1 heterocycles. The van der Waals surface area contributed by atoms with E-state index in [4.69, 9.17) is 5.11 Å². The summed E-state index contributed by atoms with van der Waals surface area (Å²) in [5.74, 6) is -3.32. The molecule has 0 fully saturated rings. The van der Waals surface area contributed by atoms with E-state index in [1.54, 1.807) is 6.07 Å². The van der Waals surface area contributed by atoms with E-state index in [-0.39, 0.29) is 17.0 Å². The summed E-state index contributed by atoms with van der Waals surface area (Å²) < 4.78 is 39.8. The van der Waals surface area contributed by atoms with Gasteiger partial charge in [-0.25, -0.2) is 14.8 Å². The maximum atomic E-state index is 13.1. The van der Waals surface area contributed by atoms with Gasteiger partial charge in [-0.2, -0.15) is 13.2 Å². The van der Waals surface area contributed by atoms with Crippen LogP contribution in [0.5, 0.6) is 5.75 Å². The van der Waals surface area contributed by atoms with E-state index in [0.29, 0.717) is 9.86 Å². The fourth-order valence-corrected chi connectivity index (χ4v) is 2.61. The Morgan fingerprint density at radius 3 is 2.50 bits per heavy atom. The Bertz CT molecular complexity index is 1020. The molecule has 2 aromatic carbocycles. The number of halogens is 4. The lowest BCUT2D eigenvalue weighted by Gasteiger charge is -2.13. The fourth-order valence-electron chi connectivity index (χ4n) is 2.24. The van der Waals surface area contributed by atoms with Crippen molar-refractivity contribution in [1.29, 1.82) is 0 Å². The van der Waals surface area contributed by atoms with Gasteiger partial charge in [0.05, 0.1) is 5.52 Å². The van der Waals surface area contributed by atoms with Crippen LogP contribution in [0, 0.1) is 0 Å². The maximum Gasteiger partial charge on any atom is 0.451 e. The van der Waals surface area contributed by atoms with Gasteiger partial charge in [-0.1, -0.05) is 15.9 Å². The summed E-state index contributed by atoms with van der Waals surface area (Å²) in [5.41, 5.74) is -0.186. The molecule has 0 saturated carbocycles. The Morgan fingerprint density at radius 1 is 1.12 bits per heavy atom. The summed E-state index contributed by atoms with van der Waals surface area (Å²) in [4.78, 5) is 18.1. The van der Waals surface area contributed by atoms with Gasteiger partial charge in [0.1, 0.15) is 17.1 Å². The van der Waals surface area contributed by atoms with Crippen molar-refractivity contribution in [1.82, 2.24) is 9.97 Å². The summed E-state index contributed by atoms with van der Waals surface area (Å²) in [6.07, 6.45) is -4.75. The van der Waals surface area contributed by atoms with Crippen LogP contribution in [0.1, 0.15) is 16.2 Å². The van der Waals surface area contributed by atoms with Crippen LogP contribution in [0.2, 0.25) is 0 Å². The van der Waals surface area contributed by atoms with Crippen LogP contribution in [0.4, 0.5) is 24.7 Å². The number of fused-ring (bicyclic) bond motifs is 1. The maximum absolute atomic E-state index is 13.1. The molecule has 0 amide bonds. The van der Waals surface area contributed by atoms with Crippen molar-refractivity contribution in [2.75, 3.05) is 5.32 Å². The van der Waals surface area contributed by atoms with Crippen LogP contribution in [0.25, 0.3) is 10.9 Å². The van der Waals surface area contributed by atoms with E-state index in [0.717, 1.165) is 12.1 Å². The summed E-state index contributed by atoms with van der Waals surface area (Å²) >= 11 is 3.23. The third-order valence-electron chi connectivity index (χ3n) is 3.40. The summed E-state index contributed by atoms with van der Waals surface area (Å²) in [6.45, 7) is 0. The zero-order valence-corrected chi connectivity index (χ0v) is 14.3. The first-order valence-electron chi connectivity index (χ1n) is 7.03. The van der Waals surface area contributed by atoms with Crippen LogP contribution < -0.4 is 5.32 Å². The number of hydrogen-bond acceptors (Lipinski definition) is 5. The van der Waals surface area contributed by atoms with E-state index in [2.05, 4.69) is 31.2 Å². The quantitative estimate of drug-likeness (QED) is 0.530. The summed E-state index contributed by atoms with van der Waals surface area (Å²) in [6, 6.07) is 8.02. The molecule has 3 aromatic rings. The van der Waals surface area contributed by atoms with Gasteiger partial charge in [0.25, 0.3) is 0 Å². The van der Waals surface area contributed by atoms with Crippen LogP contribution in [0.15, 0.2) is 40.9 Å². The first kappa shape index (κ1) is 17.9. The van der Waals surface area contributed by atoms with Crippen molar-refractivity contribution >= 4 is 44.3 Å². The average molecular weight is 428 g/mol. The zero-order chi connectivity index (χ0) is 19.1. The summed E-state index contributed by atoms with van der Waals surface area (Å²) in [5, 5.41) is 21.6. The van der Waals surface area contributed by atoms with E-state index in [1.807, 2.05) is 0 Å². The van der Waals surface area contributed by atoms with Crippen molar-refractivity contribution in [2.45, 2.75) is 6.18 Å². The van der Waals surface area contributed by atoms with E-state index in [1.165, 1.54) is 18.2 Å². The Kier molecular flexibility index (Phi) is 4.45. The lowest BCUT2D eigenvalue weighted by atomic mass is 10.1. The number of benzene rings is 2. The Morgan fingerprint density at radius 2 is 1.85 bits per heavy atom. The smallest absolute Gasteiger partial charge is 0.451 e. The number of phenols is 1. The molecular weight excluding hydrogens is 419 g/mol. The molecule has 10 heteroatoms. The van der Waals surface area contributed by atoms with Crippen molar-refractivity contribution in [3.63, 3.8) is 0 Å². The Labute approximate surface area is 152 Å². The molecule has 0 aliphatic carbocycles. The molecule has 0 bridgehead atoms. The number of nitrogens with zero attached hydrogens (tertiary/aromatic N) is 2. The number of carbonyl (C=O) groups is 1. The molecule has 0 atom stereocenters. The molecule has 0 aliphatic rings. The highest BCUT2D eigenvalue weighted by molar-refractivity contribution is 9.10. The Balaban J connectivity index is 2.16. The molecule has 3 N–H and O–H groups in total. The van der Waals surface area contributed by atoms with Gasteiger partial charge in [0, 0.05) is 15.5 Å². The lowest BCUT2D eigenvalue weighted by molar-refractivity contribution is -0.144. The number of aromatic nitrogens is 2. The number of aromatic hydroxyl groups is 1. The van der Waals surface area contributed by atoms with Gasteiger partial charge in [-0.15, -0.1) is 0 Å². The second-order valence-electron chi connectivity index (χ2n) is 5.22. The fraction of sp³-hybridized carbons (Fsp3) is 0.0625. The first-order valence-corrected chi connectivity index (χ1v) is 7.82. The van der Waals surface area contributed by atoms with Gasteiger partial charge in [-0.3, -0.25) is 0 Å². The Hall–Kier alpha value is -2.88. The second-order valence-corrected chi connectivity index (χ2v) is 6.13. The molecule has 134 valence electrons. The lowest BCUT2D eigenvalue weighted by Crippen LogP contribution is -2.12. The van der Waals surface area contributed by atoms with Crippen LogP contribution in [-0.2, 0) is 6.18 Å². The second kappa shape index (κ2) is 6.45. The molecule has 3 rings (SSSR count). The van der Waals surface area contributed by atoms with Gasteiger partial charge in [0.15, 0.2) is 0 Å². The number of carboxylic acids is 1. The highest BCUT2D eigenvalue weighted by Gasteiger charge is 2.35. The number of carboxylic acid groups (broad SMARTS) is 1. The van der Waals surface area contributed by atoms with Crippen molar-refractivity contribution in [3.05, 3.63) is 52.3 Å². The molecular formula is C16H9BrF3N3O3. The molecule has 26 heavy (non-hydrogen) atoms. The SMILES string of the molecule is O=C(O)c1cc(Nc2nc(C(F)(F)F)nc3ccc(Br)cc23)ccc1O. The minimum absolute atomic E-state index is 0.0651. The summed E-state index contributed by atoms with van der Waals surface area (Å²) in [7, 11) is 0.